The smallest absolute Gasteiger partial charge is 0.189 e. The molecule has 0 spiro atoms. The van der Waals surface area contributed by atoms with E-state index in [2.05, 4.69) is 91.0 Å². The fraction of sp³-hybridized carbons (Fsp3) is 0.0714. The zero-order valence-electron chi connectivity index (χ0n) is 17.3. The van der Waals surface area contributed by atoms with Gasteiger partial charge < -0.3 is 9.47 Å². The highest BCUT2D eigenvalue weighted by molar-refractivity contribution is 8.17. The van der Waals surface area contributed by atoms with Gasteiger partial charge in [0.2, 0.25) is 0 Å². The summed E-state index contributed by atoms with van der Waals surface area (Å²) in [4.78, 5) is 3.90. The molecule has 3 heteroatoms. The van der Waals surface area contributed by atoms with Crippen LogP contribution in [0.25, 0.3) is 6.08 Å². The van der Waals surface area contributed by atoms with Gasteiger partial charge in [0.15, 0.2) is 6.79 Å². The van der Waals surface area contributed by atoms with Gasteiger partial charge in [-0.15, -0.1) is 0 Å². The quantitative estimate of drug-likeness (QED) is 0.173. The largest absolute Gasteiger partial charge is 0.468 e. The lowest BCUT2D eigenvalue weighted by molar-refractivity contribution is 0.0307. The predicted octanol–water partition coefficient (Wildman–Crippen LogP) is 7.23. The van der Waals surface area contributed by atoms with Crippen LogP contribution in [-0.4, -0.2) is 13.4 Å². The summed E-state index contributed by atoms with van der Waals surface area (Å²) in [7, 11) is -0.644. The molecular formula is C28H26O2S. The van der Waals surface area contributed by atoms with Crippen LogP contribution in [0, 0.1) is 0 Å². The van der Waals surface area contributed by atoms with Crippen molar-refractivity contribution < 1.29 is 9.47 Å². The van der Waals surface area contributed by atoms with Crippen molar-refractivity contribution in [2.75, 3.05) is 13.4 Å². The highest BCUT2D eigenvalue weighted by atomic mass is 32.2. The molecule has 0 unspecified atom stereocenters. The summed E-state index contributed by atoms with van der Waals surface area (Å²) in [5.74, 6) is 0.823. The van der Waals surface area contributed by atoms with Crippen LogP contribution in [0.4, 0.5) is 0 Å². The zero-order chi connectivity index (χ0) is 21.1. The summed E-state index contributed by atoms with van der Waals surface area (Å²) < 4.78 is 11.5. The molecule has 4 aromatic rings. The van der Waals surface area contributed by atoms with Crippen LogP contribution in [0.3, 0.4) is 0 Å². The first kappa shape index (κ1) is 21.0. The molecule has 0 saturated carbocycles. The molecule has 0 aliphatic heterocycles. The third kappa shape index (κ3) is 6.11. The van der Waals surface area contributed by atoms with Gasteiger partial charge in [-0.1, -0.05) is 84.9 Å². The normalized spacial score (nSPS) is 11.4. The van der Waals surface area contributed by atoms with E-state index in [0.717, 1.165) is 11.3 Å². The van der Waals surface area contributed by atoms with Gasteiger partial charge in [-0.05, 0) is 62.7 Å². The van der Waals surface area contributed by atoms with E-state index in [1.807, 2.05) is 36.4 Å². The Labute approximate surface area is 187 Å². The number of thiol groups is 1. The van der Waals surface area contributed by atoms with Crippen molar-refractivity contribution in [3.8, 4) is 5.75 Å². The van der Waals surface area contributed by atoms with Gasteiger partial charge >= 0.3 is 0 Å². The second-order valence-electron chi connectivity index (χ2n) is 6.95. The fourth-order valence-corrected chi connectivity index (χ4v) is 5.61. The monoisotopic (exact) mass is 426 g/mol. The fourth-order valence-electron chi connectivity index (χ4n) is 3.29. The molecule has 0 saturated heterocycles. The molecule has 4 aromatic carbocycles. The summed E-state index contributed by atoms with van der Waals surface area (Å²) in [5.41, 5.74) is 1.16. The summed E-state index contributed by atoms with van der Waals surface area (Å²) in [6.45, 7) is 0.729. The maximum absolute atomic E-state index is 5.88. The maximum atomic E-state index is 5.88. The van der Waals surface area contributed by atoms with Crippen LogP contribution in [0.5, 0.6) is 5.75 Å². The minimum atomic E-state index is -0.644. The number of hydrogen-bond donors (Lipinski definition) is 1. The first-order valence-corrected chi connectivity index (χ1v) is 11.7. The SMILES string of the molecule is C(=C\c1ccccc1)/COCOc1cccc([SH](c2ccccc2)c2ccccc2)c1. The van der Waals surface area contributed by atoms with E-state index < -0.39 is 10.9 Å². The molecule has 0 fully saturated rings. The Bertz CT molecular complexity index is 1040. The number of rotatable bonds is 9. The van der Waals surface area contributed by atoms with Crippen LogP contribution in [-0.2, 0) is 4.74 Å². The van der Waals surface area contributed by atoms with E-state index in [4.69, 9.17) is 9.47 Å². The first-order chi connectivity index (χ1) is 15.4. The molecule has 0 heterocycles. The van der Waals surface area contributed by atoms with Crippen molar-refractivity contribution in [3.05, 3.63) is 127 Å². The summed E-state index contributed by atoms with van der Waals surface area (Å²) in [6.07, 6.45) is 4.05. The van der Waals surface area contributed by atoms with Crippen LogP contribution < -0.4 is 4.74 Å². The second kappa shape index (κ2) is 11.2. The zero-order valence-corrected chi connectivity index (χ0v) is 18.2. The van der Waals surface area contributed by atoms with Gasteiger partial charge in [-0.3, -0.25) is 0 Å². The summed E-state index contributed by atoms with van der Waals surface area (Å²) >= 11 is 0. The Hall–Kier alpha value is -3.27. The number of hydrogen-bond acceptors (Lipinski definition) is 2. The van der Waals surface area contributed by atoms with Crippen molar-refractivity contribution in [2.24, 2.45) is 0 Å². The molecule has 0 radical (unpaired) electrons. The van der Waals surface area contributed by atoms with Gasteiger partial charge in [0.05, 0.1) is 6.61 Å². The first-order valence-electron chi connectivity index (χ1n) is 10.3. The summed E-state index contributed by atoms with van der Waals surface area (Å²) in [6, 6.07) is 39.9. The van der Waals surface area contributed by atoms with Crippen LogP contribution >= 0.6 is 10.9 Å². The molecule has 4 rings (SSSR count). The number of ether oxygens (including phenoxy) is 2. The van der Waals surface area contributed by atoms with Gasteiger partial charge in [0.25, 0.3) is 0 Å². The molecule has 0 N–H and O–H groups in total. The average molecular weight is 427 g/mol. The van der Waals surface area contributed by atoms with Gasteiger partial charge in [0.1, 0.15) is 5.75 Å². The van der Waals surface area contributed by atoms with E-state index in [1.54, 1.807) is 0 Å². The maximum Gasteiger partial charge on any atom is 0.189 e. The standard InChI is InChI=1S/C28H26O2S/c1-4-12-24(13-5-1)14-11-21-29-23-30-25-15-10-20-28(22-25)31(26-16-6-2-7-17-26)27-18-8-3-9-19-27/h1-20,22,31H,21,23H2/b14-11+. The molecule has 0 aromatic heterocycles. The lowest BCUT2D eigenvalue weighted by Gasteiger charge is -2.23. The average Bonchev–Trinajstić information content (AvgIpc) is 2.84. The highest BCUT2D eigenvalue weighted by Gasteiger charge is 2.13. The molecule has 156 valence electrons. The molecule has 2 nitrogen and oxygen atoms in total. The molecule has 0 atom stereocenters. The Morgan fingerprint density at radius 1 is 0.613 bits per heavy atom. The topological polar surface area (TPSA) is 18.5 Å². The minimum Gasteiger partial charge on any atom is -0.468 e. The van der Waals surface area contributed by atoms with Crippen LogP contribution in [0.15, 0.2) is 136 Å². The second-order valence-corrected chi connectivity index (χ2v) is 9.17. The Morgan fingerprint density at radius 2 is 1.19 bits per heavy atom. The lowest BCUT2D eigenvalue weighted by Crippen LogP contribution is -2.02. The van der Waals surface area contributed by atoms with Crippen molar-refractivity contribution >= 4 is 17.0 Å². The van der Waals surface area contributed by atoms with Gasteiger partial charge in [0, 0.05) is 0 Å². The van der Waals surface area contributed by atoms with Crippen molar-refractivity contribution in [1.82, 2.24) is 0 Å². The van der Waals surface area contributed by atoms with Gasteiger partial charge in [-0.25, -0.2) is 0 Å². The van der Waals surface area contributed by atoms with Crippen molar-refractivity contribution in [1.29, 1.82) is 0 Å². The van der Waals surface area contributed by atoms with Crippen molar-refractivity contribution in [2.45, 2.75) is 14.7 Å². The van der Waals surface area contributed by atoms with E-state index in [0.29, 0.717) is 6.61 Å². The molecule has 0 bridgehead atoms. The lowest BCUT2D eigenvalue weighted by atomic mass is 10.2. The van der Waals surface area contributed by atoms with E-state index in [1.165, 1.54) is 14.7 Å². The molecular weight excluding hydrogens is 400 g/mol. The van der Waals surface area contributed by atoms with Gasteiger partial charge in [-0.2, -0.15) is 10.9 Å². The third-order valence-corrected chi connectivity index (χ3v) is 7.16. The highest BCUT2D eigenvalue weighted by Crippen LogP contribution is 2.51. The van der Waals surface area contributed by atoms with Crippen LogP contribution in [0.1, 0.15) is 5.56 Å². The number of benzene rings is 4. The van der Waals surface area contributed by atoms with Crippen molar-refractivity contribution in [3.63, 3.8) is 0 Å². The van der Waals surface area contributed by atoms with E-state index >= 15 is 0 Å². The van der Waals surface area contributed by atoms with E-state index in [9.17, 15) is 0 Å². The Balaban J connectivity index is 1.41. The molecule has 31 heavy (non-hydrogen) atoms. The van der Waals surface area contributed by atoms with Crippen LogP contribution in [0.2, 0.25) is 0 Å². The minimum absolute atomic E-state index is 0.219. The predicted molar refractivity (Wildman–Crippen MR) is 130 cm³/mol. The molecule has 0 amide bonds. The molecule has 0 aliphatic carbocycles. The molecule has 0 aliphatic rings. The third-order valence-electron chi connectivity index (χ3n) is 4.74. The summed E-state index contributed by atoms with van der Waals surface area (Å²) in [5, 5.41) is 0. The Morgan fingerprint density at radius 3 is 1.84 bits per heavy atom. The van der Waals surface area contributed by atoms with E-state index in [-0.39, 0.29) is 6.79 Å². The Kier molecular flexibility index (Phi) is 7.59.